The Morgan fingerprint density at radius 1 is 1.23 bits per heavy atom. The predicted molar refractivity (Wildman–Crippen MR) is 84.1 cm³/mol. The van der Waals surface area contributed by atoms with Crippen LogP contribution in [0.2, 0.25) is 0 Å². The van der Waals surface area contributed by atoms with Crippen LogP contribution >= 0.6 is 0 Å². The zero-order valence-corrected chi connectivity index (χ0v) is 13.0. The Kier molecular flexibility index (Phi) is 4.87. The van der Waals surface area contributed by atoms with E-state index in [0.717, 1.165) is 38.2 Å². The summed E-state index contributed by atoms with van der Waals surface area (Å²) in [6.45, 7) is 3.53. The summed E-state index contributed by atoms with van der Waals surface area (Å²) in [6, 6.07) is 10.7. The molecule has 0 saturated carbocycles. The van der Waals surface area contributed by atoms with E-state index in [1.165, 1.54) is 11.3 Å². The summed E-state index contributed by atoms with van der Waals surface area (Å²) in [4.78, 5) is 2.46. The van der Waals surface area contributed by atoms with Crippen molar-refractivity contribution in [2.24, 2.45) is 0 Å². The van der Waals surface area contributed by atoms with Crippen molar-refractivity contribution >= 4 is 0 Å². The van der Waals surface area contributed by atoms with Crippen LogP contribution < -0.4 is 0 Å². The molecule has 0 radical (unpaired) electrons. The number of ether oxygens (including phenoxy) is 1. The van der Waals surface area contributed by atoms with Crippen LogP contribution in [0.3, 0.4) is 0 Å². The maximum absolute atomic E-state index is 9.15. The second-order valence-electron chi connectivity index (χ2n) is 5.82. The minimum Gasteiger partial charge on any atom is -0.392 e. The van der Waals surface area contributed by atoms with Crippen molar-refractivity contribution in [2.45, 2.75) is 38.7 Å². The van der Waals surface area contributed by atoms with Crippen LogP contribution in [0.1, 0.15) is 23.2 Å². The Morgan fingerprint density at radius 2 is 2.00 bits per heavy atom. The molecular formula is C17H23N3O2. The van der Waals surface area contributed by atoms with Gasteiger partial charge in [0.15, 0.2) is 0 Å². The number of rotatable bonds is 5. The van der Waals surface area contributed by atoms with E-state index in [4.69, 9.17) is 9.84 Å². The van der Waals surface area contributed by atoms with Gasteiger partial charge in [-0.15, -0.1) is 0 Å². The molecule has 1 aliphatic heterocycles. The minimum absolute atomic E-state index is 0.0927. The maximum atomic E-state index is 9.15. The van der Waals surface area contributed by atoms with Gasteiger partial charge in [0.25, 0.3) is 0 Å². The van der Waals surface area contributed by atoms with Gasteiger partial charge >= 0.3 is 0 Å². The third-order valence-corrected chi connectivity index (χ3v) is 4.31. The van der Waals surface area contributed by atoms with Crippen molar-refractivity contribution in [3.63, 3.8) is 0 Å². The van der Waals surface area contributed by atoms with Gasteiger partial charge in [0.2, 0.25) is 0 Å². The zero-order valence-electron chi connectivity index (χ0n) is 13.0. The molecule has 1 N–H and O–H groups in total. The summed E-state index contributed by atoms with van der Waals surface area (Å²) in [7, 11) is 1.76. The maximum Gasteiger partial charge on any atom is 0.0681 e. The third-order valence-electron chi connectivity index (χ3n) is 4.31. The first-order valence-electron chi connectivity index (χ1n) is 7.72. The summed E-state index contributed by atoms with van der Waals surface area (Å²) in [5.74, 6) is 0. The summed E-state index contributed by atoms with van der Waals surface area (Å²) in [5.41, 5.74) is 3.46. The summed E-state index contributed by atoms with van der Waals surface area (Å²) >= 11 is 0. The second kappa shape index (κ2) is 7.05. The highest BCUT2D eigenvalue weighted by atomic mass is 16.5. The summed E-state index contributed by atoms with van der Waals surface area (Å²) in [5, 5.41) is 13.5. The lowest BCUT2D eigenvalue weighted by Crippen LogP contribution is -2.36. The molecule has 5 nitrogen and oxygen atoms in total. The summed E-state index contributed by atoms with van der Waals surface area (Å²) in [6.07, 6.45) is 2.91. The van der Waals surface area contributed by atoms with Gasteiger partial charge in [-0.2, -0.15) is 5.10 Å². The molecule has 0 aliphatic carbocycles. The molecule has 0 saturated heterocycles. The normalized spacial score (nSPS) is 18.9. The number of hydrogen-bond donors (Lipinski definition) is 1. The molecule has 118 valence electrons. The molecule has 0 fully saturated rings. The molecule has 1 aromatic carbocycles. The van der Waals surface area contributed by atoms with E-state index in [1.807, 2.05) is 18.3 Å². The van der Waals surface area contributed by atoms with Gasteiger partial charge in [0.05, 0.1) is 18.9 Å². The van der Waals surface area contributed by atoms with Crippen LogP contribution in [0.15, 0.2) is 36.5 Å². The van der Waals surface area contributed by atoms with E-state index < -0.39 is 0 Å². The fraction of sp³-hybridized carbons (Fsp3) is 0.471. The molecule has 5 heteroatoms. The first-order valence-corrected chi connectivity index (χ1v) is 7.72. The van der Waals surface area contributed by atoms with Crippen molar-refractivity contribution < 1.29 is 9.84 Å². The van der Waals surface area contributed by atoms with Crippen LogP contribution in [0.25, 0.3) is 0 Å². The van der Waals surface area contributed by atoms with E-state index in [1.54, 1.807) is 7.11 Å². The minimum atomic E-state index is 0.0927. The number of aromatic nitrogens is 2. The van der Waals surface area contributed by atoms with Crippen molar-refractivity contribution in [1.29, 1.82) is 0 Å². The summed E-state index contributed by atoms with van der Waals surface area (Å²) < 4.78 is 7.51. The molecule has 0 bridgehead atoms. The van der Waals surface area contributed by atoms with Gasteiger partial charge in [-0.05, 0) is 23.6 Å². The number of aliphatic hydroxyl groups is 1. The largest absolute Gasteiger partial charge is 0.392 e. The molecule has 22 heavy (non-hydrogen) atoms. The van der Waals surface area contributed by atoms with Crippen LogP contribution in [-0.2, 0) is 31.0 Å². The van der Waals surface area contributed by atoms with Gasteiger partial charge in [0, 0.05) is 39.0 Å². The number of nitrogens with zero attached hydrogens (tertiary/aromatic N) is 3. The monoisotopic (exact) mass is 301 g/mol. The van der Waals surface area contributed by atoms with Gasteiger partial charge in [-0.1, -0.05) is 24.3 Å². The van der Waals surface area contributed by atoms with Crippen molar-refractivity contribution in [3.8, 4) is 0 Å². The predicted octanol–water partition coefficient (Wildman–Crippen LogP) is 1.80. The lowest BCUT2D eigenvalue weighted by molar-refractivity contribution is 0.0780. The number of fused-ring (bicyclic) bond motifs is 1. The third kappa shape index (κ3) is 3.38. The standard InChI is InChI=1S/C17H23N3O2/c1-22-13-17-7-9-20-16(6-8-18-20)11-19(17)10-14-2-4-15(12-21)5-3-14/h2-6,8,17,21H,7,9-13H2,1H3/t17-/m1/s1. The van der Waals surface area contributed by atoms with E-state index in [9.17, 15) is 0 Å². The van der Waals surface area contributed by atoms with E-state index >= 15 is 0 Å². The quantitative estimate of drug-likeness (QED) is 0.915. The molecule has 3 rings (SSSR count). The topological polar surface area (TPSA) is 50.5 Å². The molecule has 0 unspecified atom stereocenters. The van der Waals surface area contributed by atoms with Gasteiger partial charge < -0.3 is 9.84 Å². The van der Waals surface area contributed by atoms with Crippen molar-refractivity contribution in [1.82, 2.24) is 14.7 Å². The highest BCUT2D eigenvalue weighted by Crippen LogP contribution is 2.20. The van der Waals surface area contributed by atoms with E-state index in [-0.39, 0.29) is 6.61 Å². The highest BCUT2D eigenvalue weighted by molar-refractivity contribution is 5.22. The van der Waals surface area contributed by atoms with Crippen LogP contribution in [-0.4, -0.2) is 39.5 Å². The highest BCUT2D eigenvalue weighted by Gasteiger charge is 2.24. The Hall–Kier alpha value is -1.69. The van der Waals surface area contributed by atoms with Crippen molar-refractivity contribution in [3.05, 3.63) is 53.3 Å². The van der Waals surface area contributed by atoms with Gasteiger partial charge in [-0.3, -0.25) is 9.58 Å². The van der Waals surface area contributed by atoms with E-state index in [2.05, 4.69) is 32.9 Å². The zero-order chi connectivity index (χ0) is 15.4. The first kappa shape index (κ1) is 15.2. The lowest BCUT2D eigenvalue weighted by Gasteiger charge is -2.29. The fourth-order valence-corrected chi connectivity index (χ4v) is 3.04. The first-order chi connectivity index (χ1) is 10.8. The molecular weight excluding hydrogens is 278 g/mol. The molecule has 0 amide bonds. The smallest absolute Gasteiger partial charge is 0.0681 e. The Morgan fingerprint density at radius 3 is 2.73 bits per heavy atom. The average Bonchev–Trinajstić information content (AvgIpc) is 2.92. The molecule has 1 atom stereocenters. The molecule has 2 heterocycles. The van der Waals surface area contributed by atoms with Crippen LogP contribution in [0.5, 0.6) is 0 Å². The Bertz CT molecular complexity index is 594. The second-order valence-corrected chi connectivity index (χ2v) is 5.82. The Balaban J connectivity index is 1.77. The number of aliphatic hydroxyl groups excluding tert-OH is 1. The van der Waals surface area contributed by atoms with Crippen LogP contribution in [0, 0.1) is 0 Å². The molecule has 1 aromatic heterocycles. The number of benzene rings is 1. The fourth-order valence-electron chi connectivity index (χ4n) is 3.04. The Labute approximate surface area is 131 Å². The van der Waals surface area contributed by atoms with Crippen LogP contribution in [0.4, 0.5) is 0 Å². The molecule has 2 aromatic rings. The average molecular weight is 301 g/mol. The molecule has 1 aliphatic rings. The van der Waals surface area contributed by atoms with Gasteiger partial charge in [-0.25, -0.2) is 0 Å². The number of hydrogen-bond acceptors (Lipinski definition) is 4. The van der Waals surface area contributed by atoms with Gasteiger partial charge in [0.1, 0.15) is 0 Å². The number of methoxy groups -OCH3 is 1. The van der Waals surface area contributed by atoms with E-state index in [0.29, 0.717) is 6.04 Å². The number of aryl methyl sites for hydroxylation is 1. The van der Waals surface area contributed by atoms with Crippen molar-refractivity contribution in [2.75, 3.05) is 13.7 Å². The SMILES string of the molecule is COC[C@H]1CCn2nccc2CN1Cc1ccc(CO)cc1. The lowest BCUT2D eigenvalue weighted by atomic mass is 10.1. The molecule has 0 spiro atoms.